The van der Waals surface area contributed by atoms with E-state index in [1.165, 1.54) is 112 Å². The number of nitrogens with zero attached hydrogens (tertiary/aromatic N) is 4. The van der Waals surface area contributed by atoms with E-state index in [1.54, 1.807) is 0 Å². The van der Waals surface area contributed by atoms with Crippen LogP contribution in [0.1, 0.15) is 166 Å². The van der Waals surface area contributed by atoms with Crippen molar-refractivity contribution in [2.75, 3.05) is 13.2 Å². The fourth-order valence-corrected chi connectivity index (χ4v) is 7.13. The molecule has 0 saturated heterocycles. The summed E-state index contributed by atoms with van der Waals surface area (Å²) < 4.78 is 14.7. The molecular weight excluding hydrogens is 649 g/mol. The second kappa shape index (κ2) is 23.1. The van der Waals surface area contributed by atoms with Crippen LogP contribution in [0, 0.1) is 13.8 Å². The Balaban J connectivity index is 1.39. The third kappa shape index (κ3) is 12.2. The van der Waals surface area contributed by atoms with Crippen molar-refractivity contribution in [2.45, 2.75) is 169 Å². The van der Waals surface area contributed by atoms with E-state index >= 15 is 0 Å². The number of ether oxygens (including phenoxy) is 2. The summed E-state index contributed by atoms with van der Waals surface area (Å²) in [5.74, 6) is 0.547. The van der Waals surface area contributed by atoms with Gasteiger partial charge in [-0.05, 0) is 49.9 Å². The van der Waals surface area contributed by atoms with Gasteiger partial charge >= 0.3 is 12.2 Å². The fraction of sp³-hybridized carbons (Fsp3) is 0.636. The van der Waals surface area contributed by atoms with Crippen molar-refractivity contribution in [3.8, 4) is 11.6 Å². The summed E-state index contributed by atoms with van der Waals surface area (Å²) in [7, 11) is 0. The highest BCUT2D eigenvalue weighted by Crippen LogP contribution is 2.31. The van der Waals surface area contributed by atoms with Crippen molar-refractivity contribution in [1.82, 2.24) is 19.1 Å². The minimum atomic E-state index is -0.514. The molecule has 0 radical (unpaired) electrons. The molecule has 2 aromatic heterocycles. The maximum Gasteiger partial charge on any atom is 0.420 e. The first-order valence-electron chi connectivity index (χ1n) is 20.8. The predicted octanol–water partition coefficient (Wildman–Crippen LogP) is 13.3. The number of hydrogen-bond donors (Lipinski definition) is 0. The van der Waals surface area contributed by atoms with Crippen molar-refractivity contribution < 1.29 is 19.1 Å². The molecule has 2 aromatic carbocycles. The zero-order valence-corrected chi connectivity index (χ0v) is 32.9. The molecule has 52 heavy (non-hydrogen) atoms. The van der Waals surface area contributed by atoms with Crippen LogP contribution in [-0.4, -0.2) is 44.5 Å². The van der Waals surface area contributed by atoms with E-state index in [2.05, 4.69) is 13.8 Å². The van der Waals surface area contributed by atoms with Crippen molar-refractivity contribution >= 4 is 34.3 Å². The molecular formula is C44H66N4O4. The lowest BCUT2D eigenvalue weighted by Gasteiger charge is -2.11. The summed E-state index contributed by atoms with van der Waals surface area (Å²) >= 11 is 0. The first-order chi connectivity index (χ1) is 25.5. The molecule has 8 nitrogen and oxygen atoms in total. The number of carbonyl (C=O) groups excluding carboxylic acids is 2. The van der Waals surface area contributed by atoms with Crippen LogP contribution in [-0.2, 0) is 9.47 Å². The second-order valence-electron chi connectivity index (χ2n) is 14.7. The van der Waals surface area contributed by atoms with Crippen LogP contribution in [0.25, 0.3) is 33.7 Å². The molecule has 0 aliphatic carbocycles. The topological polar surface area (TPSA) is 88.2 Å². The molecule has 0 bridgehead atoms. The monoisotopic (exact) mass is 715 g/mol. The predicted molar refractivity (Wildman–Crippen MR) is 214 cm³/mol. The van der Waals surface area contributed by atoms with E-state index in [-0.39, 0.29) is 11.6 Å². The van der Waals surface area contributed by atoms with Gasteiger partial charge in [0.15, 0.2) is 11.6 Å². The molecule has 0 aliphatic heterocycles. The first kappa shape index (κ1) is 41.1. The first-order valence-corrected chi connectivity index (χ1v) is 20.8. The highest BCUT2D eigenvalue weighted by Gasteiger charge is 2.28. The standard InChI is InChI=1S/C44H66N4O4/c1-5-7-9-11-13-15-17-19-21-23-25-33-51-43(49)47-37-31-27-29-35(3)39(37)45-41(47)42-46-40-36(4)30-28-32-38(40)48(42)44(50)52-34-26-24-22-20-18-16-14-12-10-8-6-2/h27-32H,5-26,33-34H2,1-4H3. The summed E-state index contributed by atoms with van der Waals surface area (Å²) in [5, 5.41) is 0. The Bertz CT molecular complexity index is 1530. The Morgan fingerprint density at radius 1 is 0.481 bits per heavy atom. The molecule has 0 N–H and O–H groups in total. The van der Waals surface area contributed by atoms with E-state index in [0.717, 1.165) is 49.7 Å². The molecule has 0 saturated carbocycles. The van der Waals surface area contributed by atoms with Crippen molar-refractivity contribution in [2.24, 2.45) is 0 Å². The number of fused-ring (bicyclic) bond motifs is 2. The van der Waals surface area contributed by atoms with E-state index < -0.39 is 12.2 Å². The Kier molecular flexibility index (Phi) is 18.2. The van der Waals surface area contributed by atoms with E-state index in [4.69, 9.17) is 19.4 Å². The lowest BCUT2D eigenvalue weighted by molar-refractivity contribution is 0.144. The van der Waals surface area contributed by atoms with Gasteiger partial charge in [-0.1, -0.05) is 167 Å². The Hall–Kier alpha value is -3.68. The summed E-state index contributed by atoms with van der Waals surface area (Å²) in [6, 6.07) is 11.5. The minimum Gasteiger partial charge on any atom is -0.449 e. The van der Waals surface area contributed by atoms with Gasteiger partial charge in [0.2, 0.25) is 0 Å². The number of carbonyl (C=O) groups is 2. The van der Waals surface area contributed by atoms with Crippen molar-refractivity contribution in [3.63, 3.8) is 0 Å². The highest BCUT2D eigenvalue weighted by molar-refractivity contribution is 5.97. The third-order valence-electron chi connectivity index (χ3n) is 10.3. The zero-order chi connectivity index (χ0) is 37.0. The Labute approximate surface area is 313 Å². The van der Waals surface area contributed by atoms with E-state index in [1.807, 2.05) is 50.2 Å². The number of hydrogen-bond acceptors (Lipinski definition) is 6. The van der Waals surface area contributed by atoms with Gasteiger partial charge in [0.1, 0.15) is 0 Å². The van der Waals surface area contributed by atoms with Gasteiger partial charge in [-0.2, -0.15) is 0 Å². The average molecular weight is 715 g/mol. The minimum absolute atomic E-state index is 0.274. The van der Waals surface area contributed by atoms with E-state index in [9.17, 15) is 9.59 Å². The maximum atomic E-state index is 13.8. The Morgan fingerprint density at radius 2 is 0.788 bits per heavy atom. The van der Waals surface area contributed by atoms with Crippen LogP contribution in [0.15, 0.2) is 36.4 Å². The molecule has 2 heterocycles. The molecule has 0 aliphatic rings. The normalized spacial score (nSPS) is 11.5. The lowest BCUT2D eigenvalue weighted by Crippen LogP contribution is -2.20. The van der Waals surface area contributed by atoms with Crippen LogP contribution in [0.4, 0.5) is 9.59 Å². The highest BCUT2D eigenvalue weighted by atomic mass is 16.6. The number of benzene rings is 2. The van der Waals surface area contributed by atoms with Gasteiger partial charge in [-0.15, -0.1) is 0 Å². The molecule has 286 valence electrons. The molecule has 0 amide bonds. The molecule has 4 rings (SSSR count). The number of rotatable bonds is 25. The van der Waals surface area contributed by atoms with Crippen LogP contribution in [0.3, 0.4) is 0 Å². The van der Waals surface area contributed by atoms with Crippen molar-refractivity contribution in [1.29, 1.82) is 0 Å². The zero-order valence-electron chi connectivity index (χ0n) is 32.9. The molecule has 0 unspecified atom stereocenters. The summed E-state index contributed by atoms with van der Waals surface area (Å²) in [5.41, 5.74) is 4.46. The lowest BCUT2D eigenvalue weighted by atomic mass is 10.1. The smallest absolute Gasteiger partial charge is 0.420 e. The van der Waals surface area contributed by atoms with E-state index in [0.29, 0.717) is 35.3 Å². The number of para-hydroxylation sites is 2. The van der Waals surface area contributed by atoms with Crippen molar-refractivity contribution in [3.05, 3.63) is 47.5 Å². The van der Waals surface area contributed by atoms with Crippen LogP contribution < -0.4 is 0 Å². The Morgan fingerprint density at radius 3 is 1.12 bits per heavy atom. The average Bonchev–Trinajstić information content (AvgIpc) is 3.73. The van der Waals surface area contributed by atoms with Gasteiger partial charge in [0.25, 0.3) is 0 Å². The molecule has 0 spiro atoms. The number of aryl methyl sites for hydroxylation is 2. The fourth-order valence-electron chi connectivity index (χ4n) is 7.13. The molecule has 0 atom stereocenters. The van der Waals surface area contributed by atoms with Crippen LogP contribution in [0.2, 0.25) is 0 Å². The van der Waals surface area contributed by atoms with Gasteiger partial charge in [0.05, 0.1) is 35.3 Å². The molecule has 0 fully saturated rings. The largest absolute Gasteiger partial charge is 0.449 e. The quantitative estimate of drug-likeness (QED) is 0.0635. The third-order valence-corrected chi connectivity index (χ3v) is 10.3. The number of imidazole rings is 2. The number of unbranched alkanes of at least 4 members (excludes halogenated alkanes) is 20. The van der Waals surface area contributed by atoms with Gasteiger partial charge < -0.3 is 9.47 Å². The summed E-state index contributed by atoms with van der Waals surface area (Å²) in [6.45, 7) is 9.11. The van der Waals surface area contributed by atoms with Gasteiger partial charge in [-0.3, -0.25) is 0 Å². The van der Waals surface area contributed by atoms with Gasteiger partial charge in [-0.25, -0.2) is 28.7 Å². The van der Waals surface area contributed by atoms with Gasteiger partial charge in [0, 0.05) is 0 Å². The summed E-state index contributed by atoms with van der Waals surface area (Å²) in [4.78, 5) is 37.5. The molecule has 8 heteroatoms. The second-order valence-corrected chi connectivity index (χ2v) is 14.7. The van der Waals surface area contributed by atoms with Crippen LogP contribution >= 0.6 is 0 Å². The molecule has 4 aromatic rings. The summed E-state index contributed by atoms with van der Waals surface area (Å²) in [6.07, 6.45) is 25.9. The maximum absolute atomic E-state index is 13.8. The van der Waals surface area contributed by atoms with Crippen LogP contribution in [0.5, 0.6) is 0 Å². The number of aromatic nitrogens is 4. The SMILES string of the molecule is CCCCCCCCCCCCCOC(=O)n1c(-c2nc3c(C)cccc3n2C(=O)OCCCCCCCCCCCCC)nc2c(C)cccc21.